The fourth-order valence-electron chi connectivity index (χ4n) is 5.50. The van der Waals surface area contributed by atoms with Crippen molar-refractivity contribution in [3.05, 3.63) is 53.5 Å². The van der Waals surface area contributed by atoms with Gasteiger partial charge in [0.1, 0.15) is 17.9 Å². The minimum atomic E-state index is -0.367. The van der Waals surface area contributed by atoms with Gasteiger partial charge in [-0.2, -0.15) is 8.63 Å². The highest BCUT2D eigenvalue weighted by molar-refractivity contribution is 5.76. The molecule has 2 saturated carbocycles. The summed E-state index contributed by atoms with van der Waals surface area (Å²) in [4.78, 5) is 8.94. The Hall–Kier alpha value is -2.76. The van der Waals surface area contributed by atoms with E-state index in [0.717, 1.165) is 22.9 Å². The maximum atomic E-state index is 14.4. The van der Waals surface area contributed by atoms with E-state index in [1.54, 1.807) is 4.24 Å². The third kappa shape index (κ3) is 2.93. The van der Waals surface area contributed by atoms with Gasteiger partial charge < -0.3 is 0 Å². The Labute approximate surface area is 168 Å². The highest BCUT2D eigenvalue weighted by Crippen LogP contribution is 2.48. The Morgan fingerprint density at radius 3 is 2.66 bits per heavy atom. The maximum Gasteiger partial charge on any atom is 0.358 e. The van der Waals surface area contributed by atoms with Crippen molar-refractivity contribution in [3.8, 4) is 11.4 Å². The first-order valence-corrected chi connectivity index (χ1v) is 10.6. The SMILES string of the molecule is CC1C=[n+]2cc(-c3nnc4cc(C5CC6CCC(C6)C5)ccc4n3)cc(F)c2=N1. The summed E-state index contributed by atoms with van der Waals surface area (Å²) in [7, 11) is 0. The van der Waals surface area contributed by atoms with Gasteiger partial charge in [-0.05, 0) is 67.7 Å². The molecule has 1 aromatic carbocycles. The molecule has 3 aromatic rings. The Balaban J connectivity index is 1.36. The van der Waals surface area contributed by atoms with Crippen LogP contribution in [0.5, 0.6) is 0 Å². The predicted molar refractivity (Wildman–Crippen MR) is 106 cm³/mol. The van der Waals surface area contributed by atoms with Crippen molar-refractivity contribution in [1.29, 1.82) is 0 Å². The number of nitrogens with zero attached hydrogens (tertiary/aromatic N) is 5. The van der Waals surface area contributed by atoms with Crippen LogP contribution in [0, 0.1) is 23.9 Å². The lowest BCUT2D eigenvalue weighted by molar-refractivity contribution is -0.524. The van der Waals surface area contributed by atoms with Gasteiger partial charge in [-0.15, -0.1) is 10.2 Å². The number of hydrogen-bond acceptors (Lipinski definition) is 4. The Kier molecular flexibility index (Phi) is 3.76. The molecule has 2 aromatic heterocycles. The van der Waals surface area contributed by atoms with Gasteiger partial charge in [0, 0.05) is 0 Å². The summed E-state index contributed by atoms with van der Waals surface area (Å²) in [6.07, 6.45) is 10.5. The molecular weight excluding hydrogens is 365 g/mol. The fraction of sp³-hybridized carbons (Fsp3) is 0.435. The smallest absolute Gasteiger partial charge is 0.225 e. The Bertz CT molecular complexity index is 1240. The normalized spacial score (nSPS) is 27.5. The van der Waals surface area contributed by atoms with Crippen molar-refractivity contribution in [1.82, 2.24) is 15.2 Å². The lowest BCUT2D eigenvalue weighted by Gasteiger charge is -2.28. The Morgan fingerprint density at radius 2 is 1.83 bits per heavy atom. The van der Waals surface area contributed by atoms with Gasteiger partial charge in [-0.1, -0.05) is 23.9 Å². The van der Waals surface area contributed by atoms with Crippen molar-refractivity contribution in [2.75, 3.05) is 0 Å². The van der Waals surface area contributed by atoms with Crippen LogP contribution in [0.2, 0.25) is 0 Å². The molecule has 0 saturated heterocycles. The molecule has 0 spiro atoms. The highest BCUT2D eigenvalue weighted by atomic mass is 19.1. The zero-order chi connectivity index (χ0) is 19.5. The molecule has 29 heavy (non-hydrogen) atoms. The number of aromatic nitrogens is 4. The van der Waals surface area contributed by atoms with E-state index in [0.29, 0.717) is 22.8 Å². The average molecular weight is 388 g/mol. The van der Waals surface area contributed by atoms with Crippen LogP contribution in [0.15, 0.2) is 35.5 Å². The van der Waals surface area contributed by atoms with Crippen LogP contribution in [0.1, 0.15) is 50.5 Å². The minimum absolute atomic E-state index is 0.0381. The highest BCUT2D eigenvalue weighted by Gasteiger charge is 2.34. The topological polar surface area (TPSA) is 56.9 Å². The number of rotatable bonds is 2. The molecule has 0 N–H and O–H groups in total. The van der Waals surface area contributed by atoms with Crippen LogP contribution < -0.4 is 9.73 Å². The van der Waals surface area contributed by atoms with Gasteiger partial charge in [0.2, 0.25) is 5.82 Å². The second-order valence-electron chi connectivity index (χ2n) is 8.92. The summed E-state index contributed by atoms with van der Waals surface area (Å²) in [5, 5.41) is 8.73. The van der Waals surface area contributed by atoms with Gasteiger partial charge >= 0.3 is 5.49 Å². The van der Waals surface area contributed by atoms with E-state index >= 15 is 0 Å². The number of benzene rings is 1. The van der Waals surface area contributed by atoms with Crippen molar-refractivity contribution >= 4 is 11.0 Å². The summed E-state index contributed by atoms with van der Waals surface area (Å²) in [6.45, 7) is 1.93. The number of halogens is 1. The van der Waals surface area contributed by atoms with E-state index in [4.69, 9.17) is 0 Å². The van der Waals surface area contributed by atoms with Crippen LogP contribution in [0.4, 0.5) is 4.39 Å². The summed E-state index contributed by atoms with van der Waals surface area (Å²) in [5.74, 6) is 2.51. The molecule has 0 amide bonds. The Morgan fingerprint density at radius 1 is 1.00 bits per heavy atom. The molecule has 6 heteroatoms. The van der Waals surface area contributed by atoms with Crippen molar-refractivity contribution in [2.45, 2.75) is 51.0 Å². The molecule has 2 fully saturated rings. The zero-order valence-electron chi connectivity index (χ0n) is 16.4. The second kappa shape index (κ2) is 6.37. The molecular formula is C23H23FN5+. The summed E-state index contributed by atoms with van der Waals surface area (Å²) in [5.41, 5.74) is 3.93. The van der Waals surface area contributed by atoms with Gasteiger partial charge in [0.25, 0.3) is 0 Å². The van der Waals surface area contributed by atoms with Crippen LogP contribution in [-0.4, -0.2) is 21.2 Å². The van der Waals surface area contributed by atoms with E-state index in [2.05, 4.69) is 32.3 Å². The number of hydrogen-bond donors (Lipinski definition) is 0. The molecule has 1 aliphatic heterocycles. The third-order valence-corrected chi connectivity index (χ3v) is 6.81. The first-order valence-electron chi connectivity index (χ1n) is 10.6. The van der Waals surface area contributed by atoms with Crippen LogP contribution in [-0.2, 0) is 0 Å². The van der Waals surface area contributed by atoms with E-state index in [1.807, 2.05) is 25.4 Å². The predicted octanol–water partition coefficient (Wildman–Crippen LogP) is 3.44. The van der Waals surface area contributed by atoms with Crippen LogP contribution in [0.25, 0.3) is 22.4 Å². The molecule has 3 aliphatic rings. The average Bonchev–Trinajstić information content (AvgIpc) is 3.28. The van der Waals surface area contributed by atoms with Crippen molar-refractivity contribution in [2.24, 2.45) is 16.8 Å². The lowest BCUT2D eigenvalue weighted by atomic mass is 9.77. The molecule has 3 atom stereocenters. The quantitative estimate of drug-likeness (QED) is 0.632. The molecule has 3 unspecified atom stereocenters. The van der Waals surface area contributed by atoms with E-state index < -0.39 is 0 Å². The molecule has 0 radical (unpaired) electrons. The summed E-state index contributed by atoms with van der Waals surface area (Å²) in [6, 6.07) is 7.79. The third-order valence-electron chi connectivity index (χ3n) is 6.81. The molecule has 2 aliphatic carbocycles. The van der Waals surface area contributed by atoms with Gasteiger partial charge in [0.05, 0.1) is 11.1 Å². The fourth-order valence-corrected chi connectivity index (χ4v) is 5.50. The van der Waals surface area contributed by atoms with Gasteiger partial charge in [0.15, 0.2) is 11.9 Å². The first kappa shape index (κ1) is 17.1. The maximum absolute atomic E-state index is 14.4. The second-order valence-corrected chi connectivity index (χ2v) is 8.92. The van der Waals surface area contributed by atoms with Gasteiger partial charge in [-0.3, -0.25) is 0 Å². The van der Waals surface area contributed by atoms with E-state index in [9.17, 15) is 4.39 Å². The van der Waals surface area contributed by atoms with E-state index in [-0.39, 0.29) is 11.9 Å². The molecule has 2 bridgehead atoms. The summed E-state index contributed by atoms with van der Waals surface area (Å²) >= 11 is 0. The van der Waals surface area contributed by atoms with Crippen LogP contribution >= 0.6 is 0 Å². The van der Waals surface area contributed by atoms with Crippen molar-refractivity contribution < 1.29 is 8.63 Å². The van der Waals surface area contributed by atoms with E-state index in [1.165, 1.54) is 43.7 Å². The number of fused-ring (bicyclic) bond motifs is 4. The summed E-state index contributed by atoms with van der Waals surface area (Å²) < 4.78 is 16.2. The standard InChI is InChI=1S/C23H23FN5/c1-13-11-29-12-18(9-19(24)23(29)25-13)22-26-20-5-4-16(10-21(20)27-28-22)17-7-14-2-3-15(6-14)8-17/h4-5,9-15,17H,2-3,6-8H2,1H3/q+1. The minimum Gasteiger partial charge on any atom is -0.225 e. The number of pyridine rings is 1. The molecule has 146 valence electrons. The molecule has 6 rings (SSSR count). The van der Waals surface area contributed by atoms with Gasteiger partial charge in [-0.25, -0.2) is 4.98 Å². The van der Waals surface area contributed by atoms with Crippen LogP contribution in [0.3, 0.4) is 0 Å². The largest absolute Gasteiger partial charge is 0.358 e. The molecule has 5 nitrogen and oxygen atoms in total. The van der Waals surface area contributed by atoms with Crippen molar-refractivity contribution in [3.63, 3.8) is 0 Å². The lowest BCUT2D eigenvalue weighted by Crippen LogP contribution is -2.37. The zero-order valence-corrected chi connectivity index (χ0v) is 16.4. The first-order chi connectivity index (χ1) is 14.1. The molecule has 3 heterocycles. The monoisotopic (exact) mass is 388 g/mol.